The van der Waals surface area contributed by atoms with E-state index in [9.17, 15) is 5.11 Å². The lowest BCUT2D eigenvalue weighted by Crippen LogP contribution is -2.44. The Morgan fingerprint density at radius 2 is 2.14 bits per heavy atom. The van der Waals surface area contributed by atoms with E-state index in [1.165, 1.54) is 0 Å². The van der Waals surface area contributed by atoms with Gasteiger partial charge in [-0.05, 0) is 6.07 Å². The van der Waals surface area contributed by atoms with Gasteiger partial charge in [0.25, 0.3) is 0 Å². The van der Waals surface area contributed by atoms with Crippen LogP contribution in [0.15, 0.2) is 30.4 Å². The van der Waals surface area contributed by atoms with Gasteiger partial charge in [-0.15, -0.1) is 0 Å². The molecule has 0 spiro atoms. The molecule has 1 aliphatic carbocycles. The highest BCUT2D eigenvalue weighted by Crippen LogP contribution is 2.53. The van der Waals surface area contributed by atoms with Crippen LogP contribution in [0.5, 0.6) is 11.5 Å². The second kappa shape index (κ2) is 5.26. The first kappa shape index (κ1) is 14.1. The van der Waals surface area contributed by atoms with Crippen molar-refractivity contribution in [2.75, 3.05) is 20.3 Å². The second-order valence-corrected chi connectivity index (χ2v) is 6.02. The van der Waals surface area contributed by atoms with Gasteiger partial charge in [0.2, 0.25) is 0 Å². The summed E-state index contributed by atoms with van der Waals surface area (Å²) >= 11 is 0. The topological polar surface area (TPSA) is 57.2 Å². The zero-order valence-corrected chi connectivity index (χ0v) is 12.5. The zero-order valence-electron chi connectivity index (χ0n) is 12.5. The first-order valence-electron chi connectivity index (χ1n) is 7.68. The van der Waals surface area contributed by atoms with E-state index < -0.39 is 6.10 Å². The van der Waals surface area contributed by atoms with Gasteiger partial charge >= 0.3 is 0 Å². The minimum Gasteiger partial charge on any atom is -0.493 e. The summed E-state index contributed by atoms with van der Waals surface area (Å²) < 4.78 is 22.9. The molecule has 5 nitrogen and oxygen atoms in total. The van der Waals surface area contributed by atoms with Crippen LogP contribution in [0, 0.1) is 0 Å². The van der Waals surface area contributed by atoms with E-state index in [-0.39, 0.29) is 17.8 Å². The van der Waals surface area contributed by atoms with Gasteiger partial charge in [-0.1, -0.05) is 24.3 Å². The van der Waals surface area contributed by atoms with Gasteiger partial charge in [0.05, 0.1) is 31.8 Å². The van der Waals surface area contributed by atoms with E-state index in [1.54, 1.807) is 7.11 Å². The maximum Gasteiger partial charge on any atom is 0.165 e. The molecule has 0 bridgehead atoms. The number of rotatable bonds is 3. The minimum absolute atomic E-state index is 0.133. The highest BCUT2D eigenvalue weighted by Gasteiger charge is 2.52. The van der Waals surface area contributed by atoms with Crippen LogP contribution in [0.25, 0.3) is 0 Å². The first-order valence-corrected chi connectivity index (χ1v) is 7.68. The van der Waals surface area contributed by atoms with Crippen molar-refractivity contribution in [2.24, 2.45) is 0 Å². The molecule has 22 heavy (non-hydrogen) atoms. The van der Waals surface area contributed by atoms with Gasteiger partial charge in [-0.3, -0.25) is 0 Å². The van der Waals surface area contributed by atoms with Crippen LogP contribution in [-0.2, 0) is 14.9 Å². The predicted molar refractivity (Wildman–Crippen MR) is 79.2 cm³/mol. The fourth-order valence-corrected chi connectivity index (χ4v) is 3.73. The summed E-state index contributed by atoms with van der Waals surface area (Å²) in [5.74, 6) is 1.49. The normalized spacial score (nSPS) is 33.4. The lowest BCUT2D eigenvalue weighted by Gasteiger charge is -2.36. The van der Waals surface area contributed by atoms with Crippen molar-refractivity contribution in [3.8, 4) is 11.5 Å². The van der Waals surface area contributed by atoms with E-state index in [1.807, 2.05) is 18.2 Å². The number of methoxy groups -OCH3 is 1. The lowest BCUT2D eigenvalue weighted by molar-refractivity contribution is -0.0674. The maximum absolute atomic E-state index is 9.98. The van der Waals surface area contributed by atoms with E-state index >= 15 is 0 Å². The van der Waals surface area contributed by atoms with Crippen LogP contribution in [0.2, 0.25) is 0 Å². The van der Waals surface area contributed by atoms with Crippen LogP contribution >= 0.6 is 0 Å². The molecule has 0 saturated carbocycles. The fourth-order valence-electron chi connectivity index (χ4n) is 3.73. The predicted octanol–water partition coefficient (Wildman–Crippen LogP) is 1.78. The Kier molecular flexibility index (Phi) is 3.36. The summed E-state index contributed by atoms with van der Waals surface area (Å²) in [6.45, 7) is 1.26. The number of ether oxygens (including phenoxy) is 4. The Morgan fingerprint density at radius 3 is 2.91 bits per heavy atom. The molecule has 0 amide bonds. The largest absolute Gasteiger partial charge is 0.493 e. The van der Waals surface area contributed by atoms with Crippen LogP contribution < -0.4 is 9.47 Å². The average molecular weight is 304 g/mol. The molecule has 1 N–H and O–H groups in total. The van der Waals surface area contributed by atoms with Gasteiger partial charge in [0, 0.05) is 18.4 Å². The number of aliphatic hydroxyl groups is 1. The van der Waals surface area contributed by atoms with Gasteiger partial charge in [0.1, 0.15) is 6.10 Å². The Bertz CT molecular complexity index is 593. The number of aliphatic hydroxyl groups excluding tert-OH is 1. The number of hydrogen-bond donors (Lipinski definition) is 1. The molecule has 3 atom stereocenters. The lowest BCUT2D eigenvalue weighted by atomic mass is 9.69. The molecule has 1 fully saturated rings. The summed E-state index contributed by atoms with van der Waals surface area (Å²) in [7, 11) is 1.64. The van der Waals surface area contributed by atoms with Crippen molar-refractivity contribution >= 4 is 0 Å². The Labute approximate surface area is 129 Å². The van der Waals surface area contributed by atoms with Crippen LogP contribution in [0.1, 0.15) is 18.4 Å². The van der Waals surface area contributed by atoms with Gasteiger partial charge < -0.3 is 24.1 Å². The molecule has 1 aromatic carbocycles. The summed E-state index contributed by atoms with van der Waals surface area (Å²) in [5, 5.41) is 9.98. The zero-order chi connectivity index (χ0) is 15.2. The van der Waals surface area contributed by atoms with E-state index in [0.717, 1.165) is 17.1 Å². The van der Waals surface area contributed by atoms with Crippen LogP contribution in [0.3, 0.4) is 0 Å². The highest BCUT2D eigenvalue weighted by molar-refractivity contribution is 5.57. The molecule has 0 unspecified atom stereocenters. The van der Waals surface area contributed by atoms with E-state index in [0.29, 0.717) is 26.1 Å². The molecule has 5 heteroatoms. The third-order valence-electron chi connectivity index (χ3n) is 4.80. The van der Waals surface area contributed by atoms with Crippen molar-refractivity contribution in [1.82, 2.24) is 0 Å². The van der Waals surface area contributed by atoms with Crippen LogP contribution in [0.4, 0.5) is 0 Å². The molecular weight excluding hydrogens is 284 g/mol. The van der Waals surface area contributed by atoms with E-state index in [4.69, 9.17) is 18.9 Å². The first-order chi connectivity index (χ1) is 10.7. The molecule has 1 saturated heterocycles. The summed E-state index contributed by atoms with van der Waals surface area (Å²) in [6, 6.07) is 5.93. The minimum atomic E-state index is -0.483. The van der Waals surface area contributed by atoms with Gasteiger partial charge in [0.15, 0.2) is 17.8 Å². The molecule has 2 heterocycles. The summed E-state index contributed by atoms with van der Waals surface area (Å²) in [5.41, 5.74) is 0.747. The van der Waals surface area contributed by atoms with Crippen molar-refractivity contribution < 1.29 is 24.1 Å². The van der Waals surface area contributed by atoms with Crippen molar-refractivity contribution in [1.29, 1.82) is 0 Å². The van der Waals surface area contributed by atoms with Gasteiger partial charge in [-0.2, -0.15) is 0 Å². The standard InChI is InChI=1S/C17H20O5/c1-19-13-4-2-3-12-16(13)22-14-9-11(18)5-6-17(12,14)10-15-20-7-8-21-15/h2-6,11,14-15,18H,7-10H2,1H3/t11-,14-,17+/m0/s1. The second-order valence-electron chi connectivity index (χ2n) is 6.02. The molecule has 118 valence electrons. The molecule has 1 aromatic rings. The van der Waals surface area contributed by atoms with Crippen LogP contribution in [-0.4, -0.2) is 43.9 Å². The Hall–Kier alpha value is -1.56. The fraction of sp³-hybridized carbons (Fsp3) is 0.529. The molecular formula is C17H20O5. The SMILES string of the molecule is COc1cccc2c1O[C@H]1C[C@@H](O)C=C[C@@]21CC1OCCO1. The van der Waals surface area contributed by atoms with Crippen molar-refractivity contribution in [3.63, 3.8) is 0 Å². The third kappa shape index (κ3) is 2.04. The molecule has 0 radical (unpaired) electrons. The Morgan fingerprint density at radius 1 is 1.32 bits per heavy atom. The third-order valence-corrected chi connectivity index (χ3v) is 4.80. The Balaban J connectivity index is 1.78. The molecule has 3 aliphatic rings. The summed E-state index contributed by atoms with van der Waals surface area (Å²) in [6.07, 6.45) is 4.30. The molecule has 0 aromatic heterocycles. The number of hydrogen-bond acceptors (Lipinski definition) is 5. The van der Waals surface area contributed by atoms with E-state index in [2.05, 4.69) is 12.1 Å². The quantitative estimate of drug-likeness (QED) is 0.863. The maximum atomic E-state index is 9.98. The molecule has 4 rings (SSSR count). The van der Waals surface area contributed by atoms with Crippen molar-refractivity contribution in [2.45, 2.75) is 36.8 Å². The smallest absolute Gasteiger partial charge is 0.165 e. The number of fused-ring (bicyclic) bond motifs is 3. The molecule has 2 aliphatic heterocycles. The number of para-hydroxylation sites is 1. The number of benzene rings is 1. The highest BCUT2D eigenvalue weighted by atomic mass is 16.7. The van der Waals surface area contributed by atoms with Gasteiger partial charge in [-0.25, -0.2) is 0 Å². The van der Waals surface area contributed by atoms with Crippen molar-refractivity contribution in [3.05, 3.63) is 35.9 Å². The monoisotopic (exact) mass is 304 g/mol. The summed E-state index contributed by atoms with van der Waals surface area (Å²) in [4.78, 5) is 0. The average Bonchev–Trinajstić information content (AvgIpc) is 3.13.